The standard InChI is InChI=1S/C23H26N6O4/c1-16(22-24-21(25-33-22)17-7-5-4-6-8-17)27-11-13-28(14-12-27)23(30)19-15-18(29(31)32)9-10-20(19)26(2)3/h4-10,15-16H,11-14H2,1-3H3. The normalized spacial score (nSPS) is 15.3. The first-order valence-electron chi connectivity index (χ1n) is 10.7. The van der Waals surface area contributed by atoms with E-state index in [0.717, 1.165) is 5.56 Å². The molecule has 3 aromatic rings. The lowest BCUT2D eigenvalue weighted by molar-refractivity contribution is -0.384. The Hall–Kier alpha value is -3.79. The number of non-ortho nitro benzene ring substituents is 1. The number of piperazine rings is 1. The number of benzene rings is 2. The van der Waals surface area contributed by atoms with Gasteiger partial charge in [0.2, 0.25) is 11.7 Å². The summed E-state index contributed by atoms with van der Waals surface area (Å²) in [5, 5.41) is 15.3. The van der Waals surface area contributed by atoms with Crippen LogP contribution in [0, 0.1) is 10.1 Å². The van der Waals surface area contributed by atoms with Crippen molar-refractivity contribution in [3.8, 4) is 11.4 Å². The minimum Gasteiger partial charge on any atom is -0.377 e. The fourth-order valence-corrected chi connectivity index (χ4v) is 3.95. The topological polar surface area (TPSA) is 109 Å². The van der Waals surface area contributed by atoms with Gasteiger partial charge in [-0.3, -0.25) is 19.8 Å². The van der Waals surface area contributed by atoms with Gasteiger partial charge in [0.1, 0.15) is 0 Å². The maximum atomic E-state index is 13.2. The van der Waals surface area contributed by atoms with Crippen molar-refractivity contribution < 1.29 is 14.2 Å². The number of hydrogen-bond acceptors (Lipinski definition) is 8. The molecule has 1 aliphatic rings. The van der Waals surface area contributed by atoms with Gasteiger partial charge in [0.25, 0.3) is 11.6 Å². The Morgan fingerprint density at radius 1 is 1.12 bits per heavy atom. The molecule has 0 bridgehead atoms. The zero-order valence-electron chi connectivity index (χ0n) is 18.8. The summed E-state index contributed by atoms with van der Waals surface area (Å²) in [5.41, 5.74) is 1.78. The van der Waals surface area contributed by atoms with Crippen molar-refractivity contribution in [2.24, 2.45) is 0 Å². The summed E-state index contributed by atoms with van der Waals surface area (Å²) in [6.45, 7) is 4.26. The molecule has 0 radical (unpaired) electrons. The van der Waals surface area contributed by atoms with E-state index in [1.165, 1.54) is 12.1 Å². The van der Waals surface area contributed by atoms with Crippen LogP contribution < -0.4 is 4.90 Å². The van der Waals surface area contributed by atoms with Crippen molar-refractivity contribution in [3.63, 3.8) is 0 Å². The van der Waals surface area contributed by atoms with E-state index in [1.807, 2.05) is 51.4 Å². The van der Waals surface area contributed by atoms with Crippen molar-refractivity contribution in [3.05, 3.63) is 70.1 Å². The average molecular weight is 450 g/mol. The minimum atomic E-state index is -0.482. The van der Waals surface area contributed by atoms with Crippen molar-refractivity contribution in [2.75, 3.05) is 45.2 Å². The molecule has 10 nitrogen and oxygen atoms in total. The van der Waals surface area contributed by atoms with E-state index in [-0.39, 0.29) is 17.6 Å². The van der Waals surface area contributed by atoms with Gasteiger partial charge in [-0.15, -0.1) is 0 Å². The zero-order valence-corrected chi connectivity index (χ0v) is 18.8. The minimum absolute atomic E-state index is 0.0950. The molecule has 1 saturated heterocycles. The van der Waals surface area contributed by atoms with Gasteiger partial charge in [0, 0.05) is 63.7 Å². The molecule has 0 aliphatic carbocycles. The highest BCUT2D eigenvalue weighted by molar-refractivity contribution is 6.00. The van der Waals surface area contributed by atoms with Gasteiger partial charge in [0.15, 0.2) is 0 Å². The molecular weight excluding hydrogens is 424 g/mol. The molecule has 1 fully saturated rings. The van der Waals surface area contributed by atoms with Crippen LogP contribution in [0.25, 0.3) is 11.4 Å². The van der Waals surface area contributed by atoms with E-state index in [0.29, 0.717) is 49.1 Å². The van der Waals surface area contributed by atoms with Crippen LogP contribution in [0.1, 0.15) is 29.2 Å². The zero-order chi connectivity index (χ0) is 23.5. The fourth-order valence-electron chi connectivity index (χ4n) is 3.95. The van der Waals surface area contributed by atoms with Crippen LogP contribution in [-0.2, 0) is 0 Å². The van der Waals surface area contributed by atoms with Crippen LogP contribution in [0.15, 0.2) is 53.1 Å². The molecule has 4 rings (SSSR count). The number of rotatable bonds is 6. The first kappa shape index (κ1) is 22.4. The lowest BCUT2D eigenvalue weighted by Crippen LogP contribution is -2.49. The summed E-state index contributed by atoms with van der Waals surface area (Å²) >= 11 is 0. The third-order valence-corrected chi connectivity index (χ3v) is 5.88. The second-order valence-electron chi connectivity index (χ2n) is 8.18. The largest absolute Gasteiger partial charge is 0.377 e. The number of carbonyl (C=O) groups excluding carboxylic acids is 1. The molecule has 0 saturated carbocycles. The van der Waals surface area contributed by atoms with Crippen LogP contribution >= 0.6 is 0 Å². The number of nitrogens with zero attached hydrogens (tertiary/aromatic N) is 6. The molecule has 33 heavy (non-hydrogen) atoms. The van der Waals surface area contributed by atoms with Crippen LogP contribution in [0.4, 0.5) is 11.4 Å². The number of anilines is 1. The summed E-state index contributed by atoms with van der Waals surface area (Å²) in [6.07, 6.45) is 0. The average Bonchev–Trinajstić information content (AvgIpc) is 3.33. The van der Waals surface area contributed by atoms with Crippen molar-refractivity contribution in [1.82, 2.24) is 19.9 Å². The first-order valence-corrected chi connectivity index (χ1v) is 10.7. The van der Waals surface area contributed by atoms with Crippen molar-refractivity contribution in [1.29, 1.82) is 0 Å². The number of carbonyl (C=O) groups is 1. The van der Waals surface area contributed by atoms with E-state index in [9.17, 15) is 14.9 Å². The van der Waals surface area contributed by atoms with E-state index >= 15 is 0 Å². The second kappa shape index (κ2) is 9.37. The molecule has 0 N–H and O–H groups in total. The smallest absolute Gasteiger partial charge is 0.270 e. The number of hydrogen-bond donors (Lipinski definition) is 0. The third kappa shape index (κ3) is 4.70. The predicted octanol–water partition coefficient (Wildman–Crippen LogP) is 3.23. The van der Waals surface area contributed by atoms with Gasteiger partial charge in [-0.05, 0) is 13.0 Å². The molecule has 2 aromatic carbocycles. The Balaban J connectivity index is 1.44. The molecular formula is C23H26N6O4. The molecule has 1 atom stereocenters. The van der Waals surface area contributed by atoms with Crippen LogP contribution in [-0.4, -0.2) is 71.0 Å². The molecule has 1 amide bonds. The molecule has 2 heterocycles. The number of nitro groups is 1. The second-order valence-corrected chi connectivity index (χ2v) is 8.18. The summed E-state index contributed by atoms with van der Waals surface area (Å²) in [4.78, 5) is 34.2. The fraction of sp³-hybridized carbons (Fsp3) is 0.348. The van der Waals surface area contributed by atoms with Gasteiger partial charge >= 0.3 is 0 Å². The Labute approximate surface area is 191 Å². The van der Waals surface area contributed by atoms with Gasteiger partial charge in [0.05, 0.1) is 16.5 Å². The highest BCUT2D eigenvalue weighted by atomic mass is 16.6. The van der Waals surface area contributed by atoms with Gasteiger partial charge in [-0.2, -0.15) is 4.98 Å². The monoisotopic (exact) mass is 450 g/mol. The van der Waals surface area contributed by atoms with Crippen LogP contribution in [0.5, 0.6) is 0 Å². The Morgan fingerprint density at radius 2 is 1.82 bits per heavy atom. The number of nitro benzene ring substituents is 1. The Morgan fingerprint density at radius 3 is 2.45 bits per heavy atom. The highest BCUT2D eigenvalue weighted by Crippen LogP contribution is 2.27. The predicted molar refractivity (Wildman–Crippen MR) is 123 cm³/mol. The molecule has 1 aliphatic heterocycles. The van der Waals surface area contributed by atoms with Crippen molar-refractivity contribution >= 4 is 17.3 Å². The first-order chi connectivity index (χ1) is 15.8. The molecule has 0 spiro atoms. The summed E-state index contributed by atoms with van der Waals surface area (Å²) in [7, 11) is 3.62. The van der Waals surface area contributed by atoms with Crippen molar-refractivity contribution in [2.45, 2.75) is 13.0 Å². The van der Waals surface area contributed by atoms with Gasteiger partial charge in [-0.1, -0.05) is 35.5 Å². The Bertz CT molecular complexity index is 1140. The van der Waals surface area contributed by atoms with Crippen LogP contribution in [0.3, 0.4) is 0 Å². The maximum absolute atomic E-state index is 13.2. The summed E-state index contributed by atoms with van der Waals surface area (Å²) in [5.74, 6) is 0.870. The SMILES string of the molecule is CC(c1nc(-c2ccccc2)no1)N1CCN(C(=O)c2cc([N+](=O)[O-])ccc2N(C)C)CC1. The van der Waals surface area contributed by atoms with Gasteiger partial charge < -0.3 is 14.3 Å². The van der Waals surface area contributed by atoms with E-state index in [2.05, 4.69) is 15.0 Å². The lowest BCUT2D eigenvalue weighted by Gasteiger charge is -2.37. The van der Waals surface area contributed by atoms with Crippen LogP contribution in [0.2, 0.25) is 0 Å². The molecule has 10 heteroatoms. The quantitative estimate of drug-likeness (QED) is 0.416. The number of amides is 1. The van der Waals surface area contributed by atoms with E-state index in [1.54, 1.807) is 15.9 Å². The highest BCUT2D eigenvalue weighted by Gasteiger charge is 2.30. The molecule has 1 aromatic heterocycles. The summed E-state index contributed by atoms with van der Waals surface area (Å²) in [6, 6.07) is 13.9. The van der Waals surface area contributed by atoms with Gasteiger partial charge in [-0.25, -0.2) is 0 Å². The maximum Gasteiger partial charge on any atom is 0.270 e. The lowest BCUT2D eigenvalue weighted by atomic mass is 10.1. The summed E-state index contributed by atoms with van der Waals surface area (Å²) < 4.78 is 5.50. The number of aromatic nitrogens is 2. The van der Waals surface area contributed by atoms with E-state index < -0.39 is 4.92 Å². The Kier molecular flexibility index (Phi) is 6.36. The molecule has 1 unspecified atom stereocenters. The third-order valence-electron chi connectivity index (χ3n) is 5.88. The van der Waals surface area contributed by atoms with E-state index in [4.69, 9.17) is 4.52 Å². The molecule has 172 valence electrons.